The second kappa shape index (κ2) is 5.54. The van der Waals surface area contributed by atoms with E-state index in [1.807, 2.05) is 0 Å². The number of phenolic OH excluding ortho intramolecular Hbond substituents is 1. The van der Waals surface area contributed by atoms with E-state index in [9.17, 15) is 31.7 Å². The number of phenols is 1. The SMILES string of the molecule is O=C(OCC(F)(F)S(=O)(=O)[O-])c1c(O)cccc1I. The zero-order chi connectivity index (χ0) is 14.8. The van der Waals surface area contributed by atoms with Gasteiger partial charge in [0.15, 0.2) is 16.7 Å². The van der Waals surface area contributed by atoms with E-state index < -0.39 is 33.7 Å². The molecule has 0 unspecified atom stereocenters. The van der Waals surface area contributed by atoms with E-state index in [0.717, 1.165) is 6.07 Å². The molecule has 19 heavy (non-hydrogen) atoms. The van der Waals surface area contributed by atoms with Crippen molar-refractivity contribution in [1.29, 1.82) is 0 Å². The van der Waals surface area contributed by atoms with Gasteiger partial charge in [-0.3, -0.25) is 0 Å². The zero-order valence-electron chi connectivity index (χ0n) is 8.97. The molecule has 0 fully saturated rings. The Bertz CT molecular complexity index is 580. The fourth-order valence-electron chi connectivity index (χ4n) is 1.01. The number of aromatic hydroxyl groups is 1. The molecule has 106 valence electrons. The quantitative estimate of drug-likeness (QED) is 0.459. The summed E-state index contributed by atoms with van der Waals surface area (Å²) in [4.78, 5) is 11.4. The molecule has 1 aromatic rings. The monoisotopic (exact) mass is 407 g/mol. The highest BCUT2D eigenvalue weighted by Gasteiger charge is 2.39. The Balaban J connectivity index is 2.89. The highest BCUT2D eigenvalue weighted by atomic mass is 127. The number of benzene rings is 1. The van der Waals surface area contributed by atoms with Gasteiger partial charge in [0.25, 0.3) is 0 Å². The molecule has 0 radical (unpaired) electrons. The lowest BCUT2D eigenvalue weighted by Crippen LogP contribution is -2.34. The van der Waals surface area contributed by atoms with Crippen molar-refractivity contribution in [2.45, 2.75) is 5.25 Å². The number of esters is 1. The van der Waals surface area contributed by atoms with Crippen LogP contribution >= 0.6 is 22.6 Å². The minimum Gasteiger partial charge on any atom is -0.743 e. The van der Waals surface area contributed by atoms with E-state index in [0.29, 0.717) is 0 Å². The molecule has 0 heterocycles. The zero-order valence-corrected chi connectivity index (χ0v) is 11.9. The van der Waals surface area contributed by atoms with E-state index in [1.54, 1.807) is 22.6 Å². The van der Waals surface area contributed by atoms with Gasteiger partial charge in [-0.2, -0.15) is 8.78 Å². The van der Waals surface area contributed by atoms with Crippen molar-refractivity contribution in [3.8, 4) is 5.75 Å². The molecule has 0 aromatic heterocycles. The molecule has 0 saturated heterocycles. The predicted molar refractivity (Wildman–Crippen MR) is 65.8 cm³/mol. The van der Waals surface area contributed by atoms with Crippen molar-refractivity contribution in [3.05, 3.63) is 27.3 Å². The second-order valence-electron chi connectivity index (χ2n) is 3.30. The largest absolute Gasteiger partial charge is 0.743 e. The van der Waals surface area contributed by atoms with Crippen LogP contribution in [0.2, 0.25) is 0 Å². The third-order valence-corrected chi connectivity index (χ3v) is 3.68. The van der Waals surface area contributed by atoms with Crippen molar-refractivity contribution in [2.75, 3.05) is 6.61 Å². The third-order valence-electron chi connectivity index (χ3n) is 1.93. The van der Waals surface area contributed by atoms with Gasteiger partial charge in [-0.25, -0.2) is 13.2 Å². The number of halogens is 3. The van der Waals surface area contributed by atoms with Gasteiger partial charge in [0.05, 0.1) is 0 Å². The van der Waals surface area contributed by atoms with Crippen LogP contribution in [0.4, 0.5) is 8.78 Å². The topological polar surface area (TPSA) is 104 Å². The van der Waals surface area contributed by atoms with Crippen molar-refractivity contribution in [2.24, 2.45) is 0 Å². The number of hydrogen-bond acceptors (Lipinski definition) is 6. The highest BCUT2D eigenvalue weighted by Crippen LogP contribution is 2.25. The summed E-state index contributed by atoms with van der Waals surface area (Å²) in [6, 6.07) is 3.94. The van der Waals surface area contributed by atoms with Crippen molar-refractivity contribution in [1.82, 2.24) is 0 Å². The number of carbonyl (C=O) groups excluding carboxylic acids is 1. The minimum atomic E-state index is -5.93. The molecule has 0 amide bonds. The van der Waals surface area contributed by atoms with E-state index in [1.165, 1.54) is 12.1 Å². The van der Waals surface area contributed by atoms with Crippen LogP contribution in [0.15, 0.2) is 18.2 Å². The van der Waals surface area contributed by atoms with E-state index >= 15 is 0 Å². The molecule has 1 N–H and O–H groups in total. The molecule has 0 aliphatic rings. The lowest BCUT2D eigenvalue weighted by molar-refractivity contribution is -0.0102. The van der Waals surface area contributed by atoms with Crippen molar-refractivity contribution in [3.63, 3.8) is 0 Å². The number of hydrogen-bond donors (Lipinski definition) is 1. The summed E-state index contributed by atoms with van der Waals surface area (Å²) < 4.78 is 60.4. The molecule has 6 nitrogen and oxygen atoms in total. The summed E-state index contributed by atoms with van der Waals surface area (Å²) in [7, 11) is -5.93. The van der Waals surface area contributed by atoms with Crippen LogP contribution in [-0.4, -0.2) is 35.9 Å². The molecular weight excluding hydrogens is 401 g/mol. The Labute approximate surface area is 120 Å². The summed E-state index contributed by atoms with van der Waals surface area (Å²) in [5.41, 5.74) is -0.387. The van der Waals surface area contributed by atoms with Gasteiger partial charge >= 0.3 is 11.2 Å². The van der Waals surface area contributed by atoms with Gasteiger partial charge in [-0.05, 0) is 34.7 Å². The van der Waals surface area contributed by atoms with E-state index in [4.69, 9.17) is 0 Å². The van der Waals surface area contributed by atoms with Gasteiger partial charge in [0, 0.05) is 3.57 Å². The molecule has 0 bridgehead atoms. The van der Waals surface area contributed by atoms with Crippen LogP contribution in [0.5, 0.6) is 5.75 Å². The first-order valence-electron chi connectivity index (χ1n) is 4.54. The van der Waals surface area contributed by atoms with Gasteiger partial charge in [-0.15, -0.1) is 0 Å². The van der Waals surface area contributed by atoms with Gasteiger partial charge < -0.3 is 14.4 Å². The van der Waals surface area contributed by atoms with Crippen LogP contribution < -0.4 is 0 Å². The Morgan fingerprint density at radius 3 is 2.53 bits per heavy atom. The molecule has 0 saturated carbocycles. The minimum absolute atomic E-state index is 0.218. The second-order valence-corrected chi connectivity index (χ2v) is 5.97. The average molecular weight is 407 g/mol. The first-order chi connectivity index (χ1) is 8.56. The van der Waals surface area contributed by atoms with Crippen LogP contribution in [0.3, 0.4) is 0 Å². The molecule has 0 aliphatic heterocycles. The smallest absolute Gasteiger partial charge is 0.367 e. The third kappa shape index (κ3) is 3.73. The van der Waals surface area contributed by atoms with Gasteiger partial charge in [0.2, 0.25) is 0 Å². The van der Waals surface area contributed by atoms with E-state index in [-0.39, 0.29) is 9.13 Å². The molecule has 0 atom stereocenters. The molecular formula is C9H6F2IO6S-. The van der Waals surface area contributed by atoms with Crippen molar-refractivity contribution < 1.29 is 36.4 Å². The fraction of sp³-hybridized carbons (Fsp3) is 0.222. The van der Waals surface area contributed by atoms with Crippen LogP contribution in [-0.2, 0) is 14.9 Å². The maximum atomic E-state index is 12.8. The maximum Gasteiger partial charge on any atom is 0.367 e. The average Bonchev–Trinajstić information content (AvgIpc) is 2.24. The van der Waals surface area contributed by atoms with Gasteiger partial charge in [0.1, 0.15) is 11.3 Å². The normalized spacial score (nSPS) is 12.2. The molecule has 0 spiro atoms. The maximum absolute atomic E-state index is 12.8. The predicted octanol–water partition coefficient (Wildman–Crippen LogP) is 1.29. The molecule has 0 aliphatic carbocycles. The Hall–Kier alpha value is -1.01. The standard InChI is InChI=1S/C9H7F2IO6S/c10-9(11,19(15,16)17)4-18-8(14)7-5(12)2-1-3-6(7)13/h1-3,13H,4H2,(H,15,16,17)/p-1. The first kappa shape index (κ1) is 16.0. The highest BCUT2D eigenvalue weighted by molar-refractivity contribution is 14.1. The summed E-state index contributed by atoms with van der Waals surface area (Å²) in [6.45, 7) is -1.91. The van der Waals surface area contributed by atoms with E-state index in [2.05, 4.69) is 4.74 Å². The molecule has 1 rings (SSSR count). The number of ether oxygens (including phenoxy) is 1. The van der Waals surface area contributed by atoms with Gasteiger partial charge in [-0.1, -0.05) is 6.07 Å². The van der Waals surface area contributed by atoms with Crippen LogP contribution in [0, 0.1) is 3.57 Å². The Kier molecular flexibility index (Phi) is 4.68. The fourth-order valence-corrected chi connectivity index (χ4v) is 1.92. The Morgan fingerprint density at radius 1 is 1.47 bits per heavy atom. The summed E-state index contributed by atoms with van der Waals surface area (Å²) >= 11 is 1.65. The number of rotatable bonds is 4. The number of alkyl halides is 2. The van der Waals surface area contributed by atoms with Crippen LogP contribution in [0.25, 0.3) is 0 Å². The summed E-state index contributed by atoms with van der Waals surface area (Å²) in [5.74, 6) is -1.86. The summed E-state index contributed by atoms with van der Waals surface area (Å²) in [5, 5.41) is 4.65. The lowest BCUT2D eigenvalue weighted by atomic mass is 10.2. The molecule has 10 heteroatoms. The lowest BCUT2D eigenvalue weighted by Gasteiger charge is -2.19. The Morgan fingerprint density at radius 2 is 2.05 bits per heavy atom. The van der Waals surface area contributed by atoms with Crippen LogP contribution in [0.1, 0.15) is 10.4 Å². The number of carbonyl (C=O) groups is 1. The molecule has 1 aromatic carbocycles. The first-order valence-corrected chi connectivity index (χ1v) is 7.03. The van der Waals surface area contributed by atoms with Crippen molar-refractivity contribution >= 4 is 38.7 Å². The summed E-state index contributed by atoms with van der Waals surface area (Å²) in [6.07, 6.45) is 0.